The van der Waals surface area contributed by atoms with Crippen molar-refractivity contribution in [1.29, 1.82) is 0 Å². The lowest BCUT2D eigenvalue weighted by Crippen LogP contribution is -2.28. The molecule has 0 bridgehead atoms. The Balaban J connectivity index is 1.96. The van der Waals surface area contributed by atoms with Crippen LogP contribution in [0.2, 0.25) is 0 Å². The van der Waals surface area contributed by atoms with E-state index in [4.69, 9.17) is 17.0 Å². The van der Waals surface area contributed by atoms with Crippen molar-refractivity contribution in [3.8, 4) is 11.5 Å². The molecule has 0 spiro atoms. The maximum atomic E-state index is 12.3. The highest BCUT2D eigenvalue weighted by Gasteiger charge is 2.31. The zero-order valence-electron chi connectivity index (χ0n) is 13.6. The molecule has 0 radical (unpaired) electrons. The van der Waals surface area contributed by atoms with Gasteiger partial charge < -0.3 is 20.1 Å². The summed E-state index contributed by atoms with van der Waals surface area (Å²) in [6.45, 7) is 2.18. The van der Waals surface area contributed by atoms with Crippen LogP contribution in [0.15, 0.2) is 42.5 Å². The van der Waals surface area contributed by atoms with Crippen molar-refractivity contribution < 1.29 is 22.6 Å². The van der Waals surface area contributed by atoms with Crippen LogP contribution in [0.25, 0.3) is 0 Å². The fourth-order valence-electron chi connectivity index (χ4n) is 2.12. The van der Waals surface area contributed by atoms with Gasteiger partial charge in [0.05, 0.1) is 12.8 Å². The predicted molar refractivity (Wildman–Crippen MR) is 93.9 cm³/mol. The van der Waals surface area contributed by atoms with Gasteiger partial charge in [0.25, 0.3) is 0 Å². The van der Waals surface area contributed by atoms with Crippen molar-refractivity contribution >= 4 is 23.0 Å². The number of methoxy groups -OCH3 is 1. The van der Waals surface area contributed by atoms with E-state index in [1.165, 1.54) is 18.2 Å². The average Bonchev–Trinajstić information content (AvgIpc) is 2.52. The van der Waals surface area contributed by atoms with E-state index in [1.807, 2.05) is 25.1 Å². The molecule has 134 valence electrons. The number of nitrogens with one attached hydrogen (secondary N) is 2. The van der Waals surface area contributed by atoms with Crippen LogP contribution in [0.5, 0.6) is 11.5 Å². The van der Waals surface area contributed by atoms with Crippen LogP contribution in [-0.4, -0.2) is 18.6 Å². The molecule has 2 N–H and O–H groups in total. The highest BCUT2D eigenvalue weighted by atomic mass is 32.1. The zero-order valence-corrected chi connectivity index (χ0v) is 14.4. The lowest BCUT2D eigenvalue weighted by atomic mass is 10.2. The van der Waals surface area contributed by atoms with E-state index in [-0.39, 0.29) is 12.3 Å². The Morgan fingerprint density at radius 1 is 1.16 bits per heavy atom. The van der Waals surface area contributed by atoms with Gasteiger partial charge in [0, 0.05) is 6.54 Å². The van der Waals surface area contributed by atoms with E-state index < -0.39 is 6.36 Å². The molecule has 2 aromatic rings. The van der Waals surface area contributed by atoms with Crippen LogP contribution < -0.4 is 20.1 Å². The molecule has 0 amide bonds. The molecule has 0 unspecified atom stereocenters. The quantitative estimate of drug-likeness (QED) is 0.764. The zero-order chi connectivity index (χ0) is 18.4. The molecule has 0 atom stereocenters. The summed E-state index contributed by atoms with van der Waals surface area (Å²) in [6, 6.07) is 11.3. The van der Waals surface area contributed by atoms with Gasteiger partial charge in [-0.2, -0.15) is 0 Å². The minimum absolute atomic E-state index is 0.245. The van der Waals surface area contributed by atoms with Crippen LogP contribution in [-0.2, 0) is 6.54 Å². The van der Waals surface area contributed by atoms with Crippen LogP contribution in [0.4, 0.5) is 18.9 Å². The average molecular weight is 370 g/mol. The molecular weight excluding hydrogens is 353 g/mol. The van der Waals surface area contributed by atoms with Crippen molar-refractivity contribution in [2.24, 2.45) is 0 Å². The fourth-order valence-corrected chi connectivity index (χ4v) is 2.30. The number of halogens is 3. The molecule has 0 aromatic heterocycles. The van der Waals surface area contributed by atoms with Gasteiger partial charge in [0.2, 0.25) is 0 Å². The van der Waals surface area contributed by atoms with E-state index in [2.05, 4.69) is 15.4 Å². The molecule has 0 fully saturated rings. The number of thiocarbonyl (C=S) groups is 1. The lowest BCUT2D eigenvalue weighted by molar-refractivity contribution is -0.274. The number of benzene rings is 2. The van der Waals surface area contributed by atoms with Crippen LogP contribution >= 0.6 is 12.2 Å². The third-order valence-corrected chi connectivity index (χ3v) is 3.43. The van der Waals surface area contributed by atoms with Gasteiger partial charge >= 0.3 is 6.36 Å². The van der Waals surface area contributed by atoms with Crippen LogP contribution in [0.3, 0.4) is 0 Å². The van der Waals surface area contributed by atoms with Gasteiger partial charge in [-0.3, -0.25) is 0 Å². The Bertz CT molecular complexity index is 751. The number of hydrogen-bond acceptors (Lipinski definition) is 3. The number of aryl methyl sites for hydroxylation is 1. The Morgan fingerprint density at radius 3 is 2.60 bits per heavy atom. The summed E-state index contributed by atoms with van der Waals surface area (Å²) in [5, 5.41) is 6.27. The minimum atomic E-state index is -4.72. The second-order valence-corrected chi connectivity index (χ2v) is 5.61. The first-order chi connectivity index (χ1) is 11.8. The van der Waals surface area contributed by atoms with Crippen molar-refractivity contribution in [2.75, 3.05) is 12.4 Å². The standard InChI is InChI=1S/C17H17F3N2O2S/c1-11-6-7-15(23-2)14(8-11)22-16(25)21-10-12-4-3-5-13(9-12)24-17(18,19)20/h3-9H,10H2,1-2H3,(H2,21,22,25). The Labute approximate surface area is 148 Å². The molecule has 25 heavy (non-hydrogen) atoms. The maximum absolute atomic E-state index is 12.3. The normalized spacial score (nSPS) is 10.9. The van der Waals surface area contributed by atoms with Crippen molar-refractivity contribution in [2.45, 2.75) is 19.8 Å². The maximum Gasteiger partial charge on any atom is 0.573 e. The van der Waals surface area contributed by atoms with Gasteiger partial charge in [0.15, 0.2) is 5.11 Å². The molecule has 8 heteroatoms. The first-order valence-corrected chi connectivity index (χ1v) is 7.72. The smallest absolute Gasteiger partial charge is 0.495 e. The molecule has 0 aliphatic rings. The summed E-state index contributed by atoms with van der Waals surface area (Å²) in [5.41, 5.74) is 2.33. The monoisotopic (exact) mass is 370 g/mol. The van der Waals surface area contributed by atoms with Gasteiger partial charge in [-0.25, -0.2) is 0 Å². The van der Waals surface area contributed by atoms with Gasteiger partial charge in [-0.05, 0) is 54.5 Å². The number of alkyl halides is 3. The highest BCUT2D eigenvalue weighted by molar-refractivity contribution is 7.80. The van der Waals surface area contributed by atoms with Crippen LogP contribution in [0, 0.1) is 6.92 Å². The number of rotatable bonds is 5. The van der Waals surface area contributed by atoms with E-state index in [9.17, 15) is 13.2 Å². The van der Waals surface area contributed by atoms with Gasteiger partial charge in [-0.15, -0.1) is 13.2 Å². The molecule has 0 aliphatic heterocycles. The molecule has 0 aliphatic carbocycles. The number of anilines is 1. The largest absolute Gasteiger partial charge is 0.573 e. The van der Waals surface area contributed by atoms with Crippen molar-refractivity contribution in [3.63, 3.8) is 0 Å². The highest BCUT2D eigenvalue weighted by Crippen LogP contribution is 2.25. The summed E-state index contributed by atoms with van der Waals surface area (Å²) < 4.78 is 45.9. The molecule has 2 aromatic carbocycles. The first kappa shape index (κ1) is 18.9. The predicted octanol–water partition coefficient (Wildman–Crippen LogP) is 4.39. The molecule has 0 saturated heterocycles. The topological polar surface area (TPSA) is 42.5 Å². The molecule has 2 rings (SSSR count). The Kier molecular flexibility index (Phi) is 6.08. The minimum Gasteiger partial charge on any atom is -0.495 e. The summed E-state index contributed by atoms with van der Waals surface area (Å²) >= 11 is 5.22. The summed E-state index contributed by atoms with van der Waals surface area (Å²) in [7, 11) is 1.55. The van der Waals surface area contributed by atoms with E-state index in [1.54, 1.807) is 13.2 Å². The summed E-state index contributed by atoms with van der Waals surface area (Å²) in [4.78, 5) is 0. The van der Waals surface area contributed by atoms with E-state index >= 15 is 0 Å². The number of ether oxygens (including phenoxy) is 2. The van der Waals surface area contributed by atoms with Crippen LogP contribution in [0.1, 0.15) is 11.1 Å². The van der Waals surface area contributed by atoms with Gasteiger partial charge in [0.1, 0.15) is 11.5 Å². The molecule has 0 heterocycles. The third kappa shape index (κ3) is 6.15. The molecular formula is C17H17F3N2O2S. The third-order valence-electron chi connectivity index (χ3n) is 3.19. The SMILES string of the molecule is COc1ccc(C)cc1NC(=S)NCc1cccc(OC(F)(F)F)c1. The second-order valence-electron chi connectivity index (χ2n) is 5.21. The van der Waals surface area contributed by atoms with E-state index in [0.717, 1.165) is 5.56 Å². The molecule has 0 saturated carbocycles. The summed E-state index contributed by atoms with van der Waals surface area (Å²) in [6.07, 6.45) is -4.72. The van der Waals surface area contributed by atoms with Crippen molar-refractivity contribution in [3.05, 3.63) is 53.6 Å². The van der Waals surface area contributed by atoms with E-state index in [0.29, 0.717) is 22.1 Å². The lowest BCUT2D eigenvalue weighted by Gasteiger charge is -2.14. The molecule has 4 nitrogen and oxygen atoms in total. The van der Waals surface area contributed by atoms with Crippen molar-refractivity contribution in [1.82, 2.24) is 5.32 Å². The number of hydrogen-bond donors (Lipinski definition) is 2. The summed E-state index contributed by atoms with van der Waals surface area (Å²) in [5.74, 6) is 0.362. The second kappa shape index (κ2) is 8.06. The Morgan fingerprint density at radius 2 is 1.92 bits per heavy atom. The van der Waals surface area contributed by atoms with Gasteiger partial charge in [-0.1, -0.05) is 18.2 Å². The first-order valence-electron chi connectivity index (χ1n) is 7.31. The Hall–Kier alpha value is -2.48. The fraction of sp³-hybridized carbons (Fsp3) is 0.235.